The lowest BCUT2D eigenvalue weighted by Gasteiger charge is -2.35. The Hall–Kier alpha value is -2.18. The first kappa shape index (κ1) is 20.1. The fraction of sp³-hybridized carbons (Fsp3) is 0.565. The van der Waals surface area contributed by atoms with Crippen molar-refractivity contribution in [1.82, 2.24) is 19.8 Å². The van der Waals surface area contributed by atoms with Gasteiger partial charge >= 0.3 is 0 Å². The average molecular weight is 397 g/mol. The van der Waals surface area contributed by atoms with Crippen molar-refractivity contribution in [3.05, 3.63) is 42.4 Å². The van der Waals surface area contributed by atoms with Crippen LogP contribution in [0.1, 0.15) is 55.9 Å². The molecule has 1 aromatic carbocycles. The maximum absolute atomic E-state index is 13.5. The van der Waals surface area contributed by atoms with Crippen molar-refractivity contribution in [3.8, 4) is 11.3 Å². The van der Waals surface area contributed by atoms with Crippen molar-refractivity contribution in [2.45, 2.75) is 63.6 Å². The minimum absolute atomic E-state index is 0.00779. The van der Waals surface area contributed by atoms with E-state index in [0.717, 1.165) is 56.5 Å². The van der Waals surface area contributed by atoms with E-state index in [9.17, 15) is 9.90 Å². The molecular formula is C23H32N4O2. The fourth-order valence-electron chi connectivity index (χ4n) is 4.77. The summed E-state index contributed by atoms with van der Waals surface area (Å²) in [5.74, 6) is -0.00779. The van der Waals surface area contributed by atoms with E-state index in [0.29, 0.717) is 18.8 Å². The van der Waals surface area contributed by atoms with E-state index in [1.54, 1.807) is 6.33 Å². The number of amides is 1. The first-order valence-electron chi connectivity index (χ1n) is 11.0. The number of hydrogen-bond acceptors (Lipinski definition) is 4. The summed E-state index contributed by atoms with van der Waals surface area (Å²) in [5, 5.41) is 14.5. The molecule has 2 fully saturated rings. The average Bonchev–Trinajstić information content (AvgIpc) is 3.17. The lowest BCUT2D eigenvalue weighted by atomic mass is 9.84. The summed E-state index contributed by atoms with van der Waals surface area (Å²) < 4.78 is 2.00. The molecule has 1 saturated heterocycles. The number of hydrogen-bond donors (Lipinski definition) is 2. The van der Waals surface area contributed by atoms with Crippen LogP contribution in [0.5, 0.6) is 0 Å². The summed E-state index contributed by atoms with van der Waals surface area (Å²) in [6.07, 6.45) is 7.55. The molecule has 2 aliphatic rings. The molecule has 2 heterocycles. The van der Waals surface area contributed by atoms with Gasteiger partial charge in [-0.2, -0.15) is 0 Å². The van der Waals surface area contributed by atoms with Gasteiger partial charge in [0.25, 0.3) is 5.91 Å². The van der Waals surface area contributed by atoms with E-state index < -0.39 is 5.60 Å². The summed E-state index contributed by atoms with van der Waals surface area (Å²) in [6, 6.07) is 10.2. The normalized spacial score (nSPS) is 21.9. The first-order valence-corrected chi connectivity index (χ1v) is 11.0. The maximum Gasteiger partial charge on any atom is 0.275 e. The summed E-state index contributed by atoms with van der Waals surface area (Å²) in [5.41, 5.74) is 1.57. The van der Waals surface area contributed by atoms with E-state index >= 15 is 0 Å². The van der Waals surface area contributed by atoms with Gasteiger partial charge in [0.05, 0.1) is 24.2 Å². The first-order chi connectivity index (χ1) is 14.1. The van der Waals surface area contributed by atoms with Crippen molar-refractivity contribution >= 4 is 5.91 Å². The van der Waals surface area contributed by atoms with Crippen LogP contribution in [-0.2, 0) is 6.54 Å². The van der Waals surface area contributed by atoms with E-state index in [1.165, 1.54) is 6.42 Å². The summed E-state index contributed by atoms with van der Waals surface area (Å²) in [7, 11) is 0. The minimum atomic E-state index is -0.718. The Morgan fingerprint density at radius 1 is 1.24 bits per heavy atom. The number of benzene rings is 1. The molecule has 156 valence electrons. The number of piperazine rings is 1. The van der Waals surface area contributed by atoms with E-state index in [1.807, 2.05) is 39.8 Å². The highest BCUT2D eigenvalue weighted by atomic mass is 16.3. The van der Waals surface area contributed by atoms with Crippen LogP contribution in [0.4, 0.5) is 0 Å². The number of aliphatic hydroxyl groups is 1. The van der Waals surface area contributed by atoms with Crippen LogP contribution >= 0.6 is 0 Å². The third-order valence-electron chi connectivity index (χ3n) is 6.42. The molecule has 0 bridgehead atoms. The summed E-state index contributed by atoms with van der Waals surface area (Å²) in [6.45, 7) is 4.93. The van der Waals surface area contributed by atoms with Crippen molar-refractivity contribution in [2.24, 2.45) is 0 Å². The third kappa shape index (κ3) is 4.23. The second-order valence-electron chi connectivity index (χ2n) is 8.49. The monoisotopic (exact) mass is 396 g/mol. The Kier molecular flexibility index (Phi) is 6.01. The molecule has 0 spiro atoms. The van der Waals surface area contributed by atoms with Crippen LogP contribution in [0.15, 0.2) is 36.7 Å². The Labute approximate surface area is 172 Å². The molecule has 1 aliphatic carbocycles. The quantitative estimate of drug-likeness (QED) is 0.815. The number of nitrogens with one attached hydrogen (secondary N) is 1. The number of nitrogens with zero attached hydrogens (tertiary/aromatic N) is 3. The second kappa shape index (κ2) is 8.67. The van der Waals surface area contributed by atoms with Crippen molar-refractivity contribution in [2.75, 3.05) is 19.6 Å². The number of carbonyl (C=O) groups is 1. The molecule has 1 saturated carbocycles. The van der Waals surface area contributed by atoms with Gasteiger partial charge in [-0.15, -0.1) is 0 Å². The molecule has 1 amide bonds. The molecule has 6 heteroatoms. The lowest BCUT2D eigenvalue weighted by Crippen LogP contribution is -2.53. The largest absolute Gasteiger partial charge is 0.388 e. The third-order valence-corrected chi connectivity index (χ3v) is 6.42. The van der Waals surface area contributed by atoms with Crippen LogP contribution < -0.4 is 5.32 Å². The molecule has 4 rings (SSSR count). The Balaban J connectivity index is 1.70. The minimum Gasteiger partial charge on any atom is -0.388 e. The van der Waals surface area contributed by atoms with Crippen molar-refractivity contribution < 1.29 is 9.90 Å². The SMILES string of the molecule is CC[C@@H]1CNCCN1C(=O)c1ncn(CC2(O)CCCCC2)c1-c1ccccc1. The number of imidazole rings is 1. The number of rotatable bonds is 5. The van der Waals surface area contributed by atoms with Crippen molar-refractivity contribution in [3.63, 3.8) is 0 Å². The van der Waals surface area contributed by atoms with Crippen LogP contribution in [0.25, 0.3) is 11.3 Å². The van der Waals surface area contributed by atoms with Gasteiger partial charge < -0.3 is 19.9 Å². The fourth-order valence-corrected chi connectivity index (χ4v) is 4.77. The molecule has 2 aromatic rings. The summed E-state index contributed by atoms with van der Waals surface area (Å²) in [4.78, 5) is 20.0. The van der Waals surface area contributed by atoms with Gasteiger partial charge in [-0.05, 0) is 19.3 Å². The molecule has 1 atom stereocenters. The molecule has 0 radical (unpaired) electrons. The van der Waals surface area contributed by atoms with Gasteiger partial charge in [-0.25, -0.2) is 4.98 Å². The molecule has 6 nitrogen and oxygen atoms in total. The zero-order valence-corrected chi connectivity index (χ0v) is 17.3. The van der Waals surface area contributed by atoms with Crippen LogP contribution in [0.3, 0.4) is 0 Å². The van der Waals surface area contributed by atoms with Gasteiger partial charge in [0, 0.05) is 31.2 Å². The van der Waals surface area contributed by atoms with Gasteiger partial charge in [0.1, 0.15) is 0 Å². The van der Waals surface area contributed by atoms with Gasteiger partial charge in [0.2, 0.25) is 0 Å². The van der Waals surface area contributed by atoms with Crippen LogP contribution in [-0.4, -0.2) is 56.7 Å². The highest BCUT2D eigenvalue weighted by Crippen LogP contribution is 2.33. The molecule has 1 aromatic heterocycles. The molecule has 0 unspecified atom stereocenters. The van der Waals surface area contributed by atoms with E-state index in [-0.39, 0.29) is 11.9 Å². The Morgan fingerprint density at radius 3 is 2.72 bits per heavy atom. The smallest absolute Gasteiger partial charge is 0.275 e. The van der Waals surface area contributed by atoms with Crippen LogP contribution in [0.2, 0.25) is 0 Å². The zero-order valence-electron chi connectivity index (χ0n) is 17.3. The predicted molar refractivity (Wildman–Crippen MR) is 114 cm³/mol. The Bertz CT molecular complexity index is 827. The highest BCUT2D eigenvalue weighted by Gasteiger charge is 2.34. The Morgan fingerprint density at radius 2 is 2.00 bits per heavy atom. The van der Waals surface area contributed by atoms with E-state index in [4.69, 9.17) is 0 Å². The second-order valence-corrected chi connectivity index (χ2v) is 8.49. The van der Waals surface area contributed by atoms with Crippen molar-refractivity contribution in [1.29, 1.82) is 0 Å². The molecular weight excluding hydrogens is 364 g/mol. The number of aromatic nitrogens is 2. The van der Waals surface area contributed by atoms with Gasteiger partial charge in [-0.1, -0.05) is 56.5 Å². The highest BCUT2D eigenvalue weighted by molar-refractivity contribution is 5.98. The maximum atomic E-state index is 13.5. The topological polar surface area (TPSA) is 70.4 Å². The lowest BCUT2D eigenvalue weighted by molar-refractivity contribution is -0.0111. The van der Waals surface area contributed by atoms with Crippen LogP contribution in [0, 0.1) is 0 Å². The van der Waals surface area contributed by atoms with Gasteiger partial charge in [-0.3, -0.25) is 4.79 Å². The zero-order chi connectivity index (χ0) is 20.3. The number of carbonyl (C=O) groups excluding carboxylic acids is 1. The van der Waals surface area contributed by atoms with E-state index in [2.05, 4.69) is 17.2 Å². The predicted octanol–water partition coefficient (Wildman–Crippen LogP) is 3.07. The molecule has 29 heavy (non-hydrogen) atoms. The molecule has 2 N–H and O–H groups in total. The standard InChI is InChI=1S/C23H32N4O2/c1-2-19-15-24-13-14-27(19)22(28)20-21(18-9-5-3-6-10-18)26(17-25-20)16-23(29)11-7-4-8-12-23/h3,5-6,9-10,17,19,24,29H,2,4,7-8,11-16H2,1H3/t19-/m1/s1. The summed E-state index contributed by atoms with van der Waals surface area (Å²) >= 11 is 0. The molecule has 1 aliphatic heterocycles. The van der Waals surface area contributed by atoms with Gasteiger partial charge in [0.15, 0.2) is 5.69 Å².